The molecule has 0 bridgehead atoms. The van der Waals surface area contributed by atoms with E-state index in [1.54, 1.807) is 12.1 Å². The highest BCUT2D eigenvalue weighted by Gasteiger charge is 2.18. The number of hydrogen-bond acceptors (Lipinski definition) is 6. The summed E-state index contributed by atoms with van der Waals surface area (Å²) in [5, 5.41) is 11.0. The molecule has 3 rings (SSSR count). The highest BCUT2D eigenvalue weighted by Crippen LogP contribution is 2.18. The van der Waals surface area contributed by atoms with Crippen LogP contribution >= 0.6 is 0 Å². The summed E-state index contributed by atoms with van der Waals surface area (Å²) < 4.78 is 6.37. The highest BCUT2D eigenvalue weighted by molar-refractivity contribution is 5.92. The molecule has 0 spiro atoms. The Labute approximate surface area is 140 Å². The van der Waals surface area contributed by atoms with Crippen molar-refractivity contribution in [2.75, 3.05) is 0 Å². The Kier molecular flexibility index (Phi) is 4.12. The Morgan fingerprint density at radius 2 is 2.04 bits per heavy atom. The van der Waals surface area contributed by atoms with E-state index in [2.05, 4.69) is 4.98 Å². The largest absolute Gasteiger partial charge is 0.444 e. The molecule has 2 heterocycles. The molecule has 0 unspecified atom stereocenters. The lowest BCUT2D eigenvalue weighted by atomic mass is 10.2. The number of benzene rings is 1. The van der Waals surface area contributed by atoms with E-state index in [1.807, 2.05) is 18.2 Å². The van der Waals surface area contributed by atoms with Gasteiger partial charge in [-0.2, -0.15) is 0 Å². The average Bonchev–Trinajstić information content (AvgIpc) is 3.05. The number of oxazole rings is 1. The summed E-state index contributed by atoms with van der Waals surface area (Å²) >= 11 is 0. The fourth-order valence-corrected chi connectivity index (χ4v) is 2.28. The molecule has 0 saturated carbocycles. The van der Waals surface area contributed by atoms with E-state index in [-0.39, 0.29) is 6.54 Å². The van der Waals surface area contributed by atoms with Crippen LogP contribution in [0.1, 0.15) is 16.1 Å². The van der Waals surface area contributed by atoms with Gasteiger partial charge < -0.3 is 14.7 Å². The van der Waals surface area contributed by atoms with Crippen LogP contribution in [0.3, 0.4) is 0 Å². The predicted octanol–water partition coefficient (Wildman–Crippen LogP) is 1.56. The topological polar surface area (TPSA) is 134 Å². The first kappa shape index (κ1) is 16.1. The van der Waals surface area contributed by atoms with E-state index in [1.165, 1.54) is 6.26 Å². The van der Waals surface area contributed by atoms with Crippen molar-refractivity contribution in [3.05, 3.63) is 80.6 Å². The van der Waals surface area contributed by atoms with Crippen LogP contribution in [-0.4, -0.2) is 20.4 Å². The summed E-state index contributed by atoms with van der Waals surface area (Å²) in [5.74, 6) is -0.684. The normalized spacial score (nSPS) is 10.6. The van der Waals surface area contributed by atoms with Gasteiger partial charge in [-0.3, -0.25) is 19.7 Å². The molecule has 3 aromatic rings. The van der Waals surface area contributed by atoms with Gasteiger partial charge in [-0.15, -0.1) is 0 Å². The lowest BCUT2D eigenvalue weighted by Crippen LogP contribution is -2.30. The molecule has 126 valence electrons. The third-order valence-electron chi connectivity index (χ3n) is 3.45. The number of carbonyl (C=O) groups excluding carboxylic acids is 1. The number of primary amides is 1. The predicted molar refractivity (Wildman–Crippen MR) is 86.9 cm³/mol. The van der Waals surface area contributed by atoms with Crippen molar-refractivity contribution < 1.29 is 14.1 Å². The molecule has 2 N–H and O–H groups in total. The summed E-state index contributed by atoms with van der Waals surface area (Å²) in [7, 11) is 0. The number of nitrogens with two attached hydrogens (primary N) is 1. The van der Waals surface area contributed by atoms with E-state index in [0.29, 0.717) is 11.6 Å². The van der Waals surface area contributed by atoms with Gasteiger partial charge in [-0.05, 0) is 12.1 Å². The maximum atomic E-state index is 12.2. The minimum Gasteiger partial charge on any atom is -0.444 e. The van der Waals surface area contributed by atoms with Crippen LogP contribution in [0.25, 0.3) is 11.5 Å². The number of carbonyl (C=O) groups is 1. The first-order valence-electron chi connectivity index (χ1n) is 7.14. The SMILES string of the molecule is NC(=O)c1cc([N+](=O)[O-])cn(Cc2coc(-c3ccccc3)n2)c1=O. The molecule has 25 heavy (non-hydrogen) atoms. The Hall–Kier alpha value is -3.75. The van der Waals surface area contributed by atoms with E-state index in [0.717, 1.165) is 22.4 Å². The second-order valence-electron chi connectivity index (χ2n) is 5.18. The zero-order valence-corrected chi connectivity index (χ0v) is 12.8. The van der Waals surface area contributed by atoms with Crippen molar-refractivity contribution in [1.82, 2.24) is 9.55 Å². The second kappa shape index (κ2) is 6.40. The number of nitrogens with zero attached hydrogens (tertiary/aromatic N) is 3. The van der Waals surface area contributed by atoms with E-state index in [4.69, 9.17) is 10.2 Å². The summed E-state index contributed by atoms with van der Waals surface area (Å²) in [4.78, 5) is 38.1. The maximum Gasteiger partial charge on any atom is 0.286 e. The molecule has 0 aliphatic rings. The molecule has 2 aromatic heterocycles. The van der Waals surface area contributed by atoms with Gasteiger partial charge in [0, 0.05) is 11.6 Å². The van der Waals surface area contributed by atoms with E-state index >= 15 is 0 Å². The molecule has 9 heteroatoms. The number of rotatable bonds is 5. The number of aromatic nitrogens is 2. The summed E-state index contributed by atoms with van der Waals surface area (Å²) in [6, 6.07) is 9.97. The molecule has 0 radical (unpaired) electrons. The van der Waals surface area contributed by atoms with Crippen molar-refractivity contribution in [2.24, 2.45) is 5.73 Å². The van der Waals surface area contributed by atoms with Crippen molar-refractivity contribution in [2.45, 2.75) is 6.54 Å². The first-order valence-corrected chi connectivity index (χ1v) is 7.14. The molecule has 0 fully saturated rings. The lowest BCUT2D eigenvalue weighted by molar-refractivity contribution is -0.385. The van der Waals surface area contributed by atoms with Gasteiger partial charge in [0.25, 0.3) is 17.2 Å². The summed E-state index contributed by atoms with van der Waals surface area (Å²) in [6.07, 6.45) is 2.38. The third kappa shape index (κ3) is 3.29. The van der Waals surface area contributed by atoms with Crippen LogP contribution < -0.4 is 11.3 Å². The smallest absolute Gasteiger partial charge is 0.286 e. The Bertz CT molecular complexity index is 1010. The van der Waals surface area contributed by atoms with Crippen LogP contribution in [0.2, 0.25) is 0 Å². The Morgan fingerprint density at radius 1 is 1.32 bits per heavy atom. The Morgan fingerprint density at radius 3 is 2.68 bits per heavy atom. The van der Waals surface area contributed by atoms with Crippen LogP contribution in [-0.2, 0) is 6.54 Å². The van der Waals surface area contributed by atoms with Gasteiger partial charge >= 0.3 is 0 Å². The quantitative estimate of drug-likeness (QED) is 0.553. The molecule has 0 aliphatic heterocycles. The van der Waals surface area contributed by atoms with Gasteiger partial charge in [0.15, 0.2) is 0 Å². The van der Waals surface area contributed by atoms with E-state index < -0.39 is 27.6 Å². The molecule has 9 nitrogen and oxygen atoms in total. The molecule has 0 saturated heterocycles. The van der Waals surface area contributed by atoms with Crippen LogP contribution in [0.5, 0.6) is 0 Å². The van der Waals surface area contributed by atoms with Gasteiger partial charge in [0.1, 0.15) is 11.8 Å². The van der Waals surface area contributed by atoms with Gasteiger partial charge in [0.05, 0.1) is 23.4 Å². The van der Waals surface area contributed by atoms with E-state index in [9.17, 15) is 19.7 Å². The average molecular weight is 340 g/mol. The molecule has 1 amide bonds. The third-order valence-corrected chi connectivity index (χ3v) is 3.45. The number of hydrogen-bond donors (Lipinski definition) is 1. The maximum absolute atomic E-state index is 12.2. The van der Waals surface area contributed by atoms with Gasteiger partial charge in [0.2, 0.25) is 5.89 Å². The zero-order chi connectivity index (χ0) is 18.0. The minimum absolute atomic E-state index is 0.100. The number of pyridine rings is 1. The number of nitro groups is 1. The first-order chi connectivity index (χ1) is 12.0. The van der Waals surface area contributed by atoms with Crippen molar-refractivity contribution in [3.8, 4) is 11.5 Å². The Balaban J connectivity index is 1.98. The van der Waals surface area contributed by atoms with Crippen LogP contribution in [0.15, 0.2) is 58.1 Å². The molecule has 0 atom stereocenters. The zero-order valence-electron chi connectivity index (χ0n) is 12.8. The highest BCUT2D eigenvalue weighted by atomic mass is 16.6. The second-order valence-corrected chi connectivity index (χ2v) is 5.18. The molecule has 1 aromatic carbocycles. The standard InChI is InChI=1S/C16H12N4O5/c17-14(21)13-6-12(20(23)24)8-19(16(13)22)7-11-9-25-15(18-11)10-4-2-1-3-5-10/h1-6,8-9H,7H2,(H2,17,21). The van der Waals surface area contributed by atoms with Crippen molar-refractivity contribution in [3.63, 3.8) is 0 Å². The molecular formula is C16H12N4O5. The van der Waals surface area contributed by atoms with Gasteiger partial charge in [-0.25, -0.2) is 4.98 Å². The number of amides is 1. The molecule has 0 aliphatic carbocycles. The van der Waals surface area contributed by atoms with Crippen molar-refractivity contribution in [1.29, 1.82) is 0 Å². The van der Waals surface area contributed by atoms with Crippen LogP contribution in [0.4, 0.5) is 5.69 Å². The summed E-state index contributed by atoms with van der Waals surface area (Å²) in [6.45, 7) is -0.100. The van der Waals surface area contributed by atoms with Gasteiger partial charge in [-0.1, -0.05) is 18.2 Å². The minimum atomic E-state index is -1.03. The molecular weight excluding hydrogens is 328 g/mol. The lowest BCUT2D eigenvalue weighted by Gasteiger charge is -2.05. The van der Waals surface area contributed by atoms with Crippen LogP contribution in [0, 0.1) is 10.1 Å². The summed E-state index contributed by atoms with van der Waals surface area (Å²) in [5.41, 5.74) is 4.63. The fourth-order valence-electron chi connectivity index (χ4n) is 2.28. The van der Waals surface area contributed by atoms with Crippen molar-refractivity contribution >= 4 is 11.6 Å². The monoisotopic (exact) mass is 340 g/mol. The fraction of sp³-hybridized carbons (Fsp3) is 0.0625.